The van der Waals surface area contributed by atoms with Gasteiger partial charge in [-0.2, -0.15) is 0 Å². The van der Waals surface area contributed by atoms with Crippen LogP contribution in [0.1, 0.15) is 54.3 Å². The highest BCUT2D eigenvalue weighted by Crippen LogP contribution is 2.48. The van der Waals surface area contributed by atoms with Gasteiger partial charge in [-0.15, -0.1) is 11.3 Å². The van der Waals surface area contributed by atoms with Crippen molar-refractivity contribution in [1.82, 2.24) is 4.90 Å². The van der Waals surface area contributed by atoms with E-state index in [4.69, 9.17) is 0 Å². The number of carbonyl (C=O) groups is 1. The van der Waals surface area contributed by atoms with E-state index >= 15 is 0 Å². The molecule has 1 aromatic carbocycles. The summed E-state index contributed by atoms with van der Waals surface area (Å²) in [5.41, 5.74) is 4.99. The Morgan fingerprint density at radius 3 is 2.58 bits per heavy atom. The van der Waals surface area contributed by atoms with Gasteiger partial charge in [0, 0.05) is 23.2 Å². The number of amides is 1. The molecule has 2 heterocycles. The topological polar surface area (TPSA) is 32.3 Å². The van der Waals surface area contributed by atoms with Crippen LogP contribution >= 0.6 is 11.3 Å². The Kier molecular flexibility index (Phi) is 5.14. The second kappa shape index (κ2) is 7.53. The summed E-state index contributed by atoms with van der Waals surface area (Å²) >= 11 is 1.88. The van der Waals surface area contributed by atoms with Crippen molar-refractivity contribution in [1.29, 1.82) is 0 Å². The van der Waals surface area contributed by atoms with Crippen LogP contribution in [0.15, 0.2) is 29.6 Å². The average molecular weight is 369 g/mol. The molecule has 0 saturated heterocycles. The van der Waals surface area contributed by atoms with Crippen molar-refractivity contribution in [2.45, 2.75) is 52.0 Å². The van der Waals surface area contributed by atoms with E-state index in [1.54, 1.807) is 0 Å². The summed E-state index contributed by atoms with van der Waals surface area (Å²) in [4.78, 5) is 16.9. The van der Waals surface area contributed by atoms with Crippen molar-refractivity contribution in [3.63, 3.8) is 0 Å². The first-order valence-electron chi connectivity index (χ1n) is 9.92. The second-order valence-corrected chi connectivity index (χ2v) is 8.51. The third-order valence-corrected chi connectivity index (χ3v) is 6.79. The molecule has 0 radical (unpaired) electrons. The maximum Gasteiger partial charge on any atom is 0.238 e. The summed E-state index contributed by atoms with van der Waals surface area (Å²) in [6.07, 6.45) is 5.56. The van der Waals surface area contributed by atoms with Crippen LogP contribution in [0.4, 0.5) is 5.69 Å². The summed E-state index contributed by atoms with van der Waals surface area (Å²) < 4.78 is 0. The molecule has 0 spiro atoms. The molecule has 0 unspecified atom stereocenters. The van der Waals surface area contributed by atoms with E-state index in [0.29, 0.717) is 12.6 Å². The first kappa shape index (κ1) is 17.7. The lowest BCUT2D eigenvalue weighted by Gasteiger charge is -2.35. The number of aryl methyl sites for hydroxylation is 2. The Bertz CT molecular complexity index is 771. The van der Waals surface area contributed by atoms with Crippen molar-refractivity contribution < 1.29 is 4.79 Å². The van der Waals surface area contributed by atoms with Gasteiger partial charge in [0.05, 0.1) is 6.54 Å². The molecule has 1 atom stereocenters. The molecule has 4 rings (SSSR count). The quantitative estimate of drug-likeness (QED) is 0.793. The summed E-state index contributed by atoms with van der Waals surface area (Å²) in [5.74, 6) is 0.871. The molecule has 3 nitrogen and oxygen atoms in total. The van der Waals surface area contributed by atoms with Crippen LogP contribution in [0.25, 0.3) is 0 Å². The molecule has 1 aliphatic carbocycles. The zero-order chi connectivity index (χ0) is 18.1. The Morgan fingerprint density at radius 2 is 1.92 bits per heavy atom. The maximum atomic E-state index is 12.9. The molecule has 138 valence electrons. The van der Waals surface area contributed by atoms with Crippen LogP contribution in [0.3, 0.4) is 0 Å². The van der Waals surface area contributed by atoms with Gasteiger partial charge in [-0.25, -0.2) is 0 Å². The van der Waals surface area contributed by atoms with Crippen molar-refractivity contribution in [3.8, 4) is 0 Å². The summed E-state index contributed by atoms with van der Waals surface area (Å²) in [6.45, 7) is 5.79. The molecule has 1 saturated carbocycles. The van der Waals surface area contributed by atoms with Gasteiger partial charge >= 0.3 is 0 Å². The van der Waals surface area contributed by atoms with Crippen LogP contribution in [-0.4, -0.2) is 23.9 Å². The number of nitrogens with one attached hydrogen (secondary N) is 1. The van der Waals surface area contributed by atoms with E-state index in [-0.39, 0.29) is 5.91 Å². The monoisotopic (exact) mass is 368 g/mol. The molecule has 2 aliphatic rings. The molecule has 1 amide bonds. The normalized spacial score (nSPS) is 20.0. The first-order chi connectivity index (χ1) is 12.7. The minimum Gasteiger partial charge on any atom is -0.324 e. The lowest BCUT2D eigenvalue weighted by molar-refractivity contribution is -0.118. The van der Waals surface area contributed by atoms with Gasteiger partial charge in [-0.1, -0.05) is 32.0 Å². The molecule has 1 fully saturated rings. The predicted molar refractivity (Wildman–Crippen MR) is 109 cm³/mol. The molecule has 1 aliphatic heterocycles. The van der Waals surface area contributed by atoms with Gasteiger partial charge in [0.2, 0.25) is 5.91 Å². The Labute approximate surface area is 160 Å². The Morgan fingerprint density at radius 1 is 1.19 bits per heavy atom. The Balaban J connectivity index is 1.50. The number of thiophene rings is 1. The number of benzene rings is 1. The highest BCUT2D eigenvalue weighted by atomic mass is 32.1. The third kappa shape index (κ3) is 3.45. The highest BCUT2D eigenvalue weighted by Gasteiger charge is 2.40. The number of hydrogen-bond donors (Lipinski definition) is 1. The highest BCUT2D eigenvalue weighted by molar-refractivity contribution is 7.10. The lowest BCUT2D eigenvalue weighted by Crippen LogP contribution is -2.41. The lowest BCUT2D eigenvalue weighted by atomic mass is 9.96. The van der Waals surface area contributed by atoms with E-state index in [1.807, 2.05) is 11.3 Å². The summed E-state index contributed by atoms with van der Waals surface area (Å²) in [5, 5.41) is 5.46. The van der Waals surface area contributed by atoms with Gasteiger partial charge in [0.15, 0.2) is 0 Å². The van der Waals surface area contributed by atoms with Gasteiger partial charge in [-0.05, 0) is 66.2 Å². The number of nitrogens with zero attached hydrogens (tertiary/aromatic N) is 1. The van der Waals surface area contributed by atoms with Gasteiger partial charge < -0.3 is 5.32 Å². The minimum atomic E-state index is 0.130. The van der Waals surface area contributed by atoms with Crippen molar-refractivity contribution in [2.24, 2.45) is 5.92 Å². The number of rotatable bonds is 6. The predicted octanol–water partition coefficient (Wildman–Crippen LogP) is 4.82. The molecule has 1 N–H and O–H groups in total. The fourth-order valence-electron chi connectivity index (χ4n) is 4.31. The van der Waals surface area contributed by atoms with Crippen molar-refractivity contribution >= 4 is 22.9 Å². The zero-order valence-electron chi connectivity index (χ0n) is 15.8. The number of hydrogen-bond acceptors (Lipinski definition) is 3. The van der Waals surface area contributed by atoms with Gasteiger partial charge in [-0.3, -0.25) is 9.69 Å². The molecule has 0 bridgehead atoms. The summed E-state index contributed by atoms with van der Waals surface area (Å²) in [7, 11) is 0. The van der Waals surface area contributed by atoms with Crippen molar-refractivity contribution in [3.05, 3.63) is 51.2 Å². The third-order valence-electron chi connectivity index (χ3n) is 5.80. The molecular formula is C22H28N2OS. The summed E-state index contributed by atoms with van der Waals surface area (Å²) in [6, 6.07) is 9.08. The van der Waals surface area contributed by atoms with E-state index in [9.17, 15) is 4.79 Å². The second-order valence-electron chi connectivity index (χ2n) is 7.51. The minimum absolute atomic E-state index is 0.130. The van der Waals surface area contributed by atoms with Crippen LogP contribution in [-0.2, 0) is 24.1 Å². The standard InChI is InChI=1S/C22H28N2OS/c1-3-15-6-5-7-16(4-2)21(15)23-20(25)14-24-12-10-19-18(11-13-26-19)22(24)17-8-9-17/h5-7,11,13,17,22H,3-4,8-10,12,14H2,1-2H3,(H,23,25)/t22-/m0/s1. The van der Waals surface area contributed by atoms with Crippen molar-refractivity contribution in [2.75, 3.05) is 18.4 Å². The molecule has 2 aromatic rings. The molecule has 4 heteroatoms. The fourth-order valence-corrected chi connectivity index (χ4v) is 5.22. The molecular weight excluding hydrogens is 340 g/mol. The van der Waals surface area contributed by atoms with E-state index in [1.165, 1.54) is 34.4 Å². The Hall–Kier alpha value is -1.65. The molecule has 1 aromatic heterocycles. The SMILES string of the molecule is CCc1cccc(CC)c1NC(=O)CN1CCc2sccc2[C@@H]1C1CC1. The van der Waals surface area contributed by atoms with Gasteiger partial charge in [0.25, 0.3) is 0 Å². The van der Waals surface area contributed by atoms with Gasteiger partial charge in [0.1, 0.15) is 0 Å². The van der Waals surface area contributed by atoms with Crippen LogP contribution < -0.4 is 5.32 Å². The van der Waals surface area contributed by atoms with Crippen LogP contribution in [0, 0.1) is 5.92 Å². The smallest absolute Gasteiger partial charge is 0.238 e. The van der Waals surface area contributed by atoms with Crippen LogP contribution in [0.2, 0.25) is 0 Å². The number of fused-ring (bicyclic) bond motifs is 1. The van der Waals surface area contributed by atoms with E-state index < -0.39 is 0 Å². The number of anilines is 1. The number of carbonyl (C=O) groups excluding carboxylic acids is 1. The largest absolute Gasteiger partial charge is 0.324 e. The van der Waals surface area contributed by atoms with E-state index in [0.717, 1.165) is 37.4 Å². The maximum absolute atomic E-state index is 12.9. The van der Waals surface area contributed by atoms with Crippen LogP contribution in [0.5, 0.6) is 0 Å². The van der Waals surface area contributed by atoms with E-state index in [2.05, 4.69) is 53.7 Å². The zero-order valence-corrected chi connectivity index (χ0v) is 16.6. The average Bonchev–Trinajstić information content (AvgIpc) is 3.37. The number of para-hydroxylation sites is 1. The molecule has 26 heavy (non-hydrogen) atoms. The first-order valence-corrected chi connectivity index (χ1v) is 10.8. The fraction of sp³-hybridized carbons (Fsp3) is 0.500.